The number of likely N-dealkylation sites (tertiary alicyclic amines) is 1. The van der Waals surface area contributed by atoms with E-state index in [1.165, 1.54) is 30.3 Å². The first-order valence-electron chi connectivity index (χ1n) is 9.97. The molecule has 1 N–H and O–H groups in total. The van der Waals surface area contributed by atoms with E-state index in [4.69, 9.17) is 9.73 Å². The number of halogens is 1. The fraction of sp³-hybridized carbons (Fsp3) is 0.619. The predicted octanol–water partition coefficient (Wildman–Crippen LogP) is 2.89. The summed E-state index contributed by atoms with van der Waals surface area (Å²) < 4.78 is 4.95. The van der Waals surface area contributed by atoms with E-state index in [0.29, 0.717) is 13.1 Å². The van der Waals surface area contributed by atoms with E-state index in [-0.39, 0.29) is 41.8 Å². The molecule has 2 atom stereocenters. The van der Waals surface area contributed by atoms with E-state index in [1.54, 1.807) is 0 Å². The standard InChI is InChI=1S/C21H32N4O2.HI/c1-5-22-21(25-13-15(2)18(14-25)20(26)27-4)23-12-16-8-9-19-17(11-16)7-6-10-24(19)3;/h8-9,11,15,18H,5-7,10,12-14H2,1-4H3,(H,22,23);1H. The smallest absolute Gasteiger partial charge is 0.310 e. The van der Waals surface area contributed by atoms with E-state index >= 15 is 0 Å². The molecular formula is C21H33IN4O2. The van der Waals surface area contributed by atoms with Crippen LogP contribution in [0.4, 0.5) is 5.69 Å². The van der Waals surface area contributed by atoms with Crippen molar-refractivity contribution >= 4 is 41.6 Å². The molecule has 156 valence electrons. The predicted molar refractivity (Wildman–Crippen MR) is 125 cm³/mol. The van der Waals surface area contributed by atoms with Crippen molar-refractivity contribution in [2.24, 2.45) is 16.8 Å². The highest BCUT2D eigenvalue weighted by Gasteiger charge is 2.36. The van der Waals surface area contributed by atoms with E-state index < -0.39 is 0 Å². The van der Waals surface area contributed by atoms with Crippen LogP contribution >= 0.6 is 24.0 Å². The molecule has 0 spiro atoms. The topological polar surface area (TPSA) is 57.2 Å². The molecule has 0 saturated carbocycles. The van der Waals surface area contributed by atoms with Crippen molar-refractivity contribution in [3.63, 3.8) is 0 Å². The Morgan fingerprint density at radius 2 is 2.14 bits per heavy atom. The van der Waals surface area contributed by atoms with Crippen LogP contribution in [0.3, 0.4) is 0 Å². The third kappa shape index (κ3) is 5.10. The van der Waals surface area contributed by atoms with Gasteiger partial charge in [0, 0.05) is 38.9 Å². The Hall–Kier alpha value is -1.51. The van der Waals surface area contributed by atoms with Gasteiger partial charge in [-0.2, -0.15) is 0 Å². The van der Waals surface area contributed by atoms with E-state index in [1.807, 2.05) is 0 Å². The first kappa shape index (κ1) is 22.8. The lowest BCUT2D eigenvalue weighted by Crippen LogP contribution is -2.40. The van der Waals surface area contributed by atoms with Gasteiger partial charge in [0.2, 0.25) is 0 Å². The van der Waals surface area contributed by atoms with Crippen molar-refractivity contribution in [1.82, 2.24) is 10.2 Å². The number of nitrogens with one attached hydrogen (secondary N) is 1. The number of methoxy groups -OCH3 is 1. The highest BCUT2D eigenvalue weighted by molar-refractivity contribution is 14.0. The van der Waals surface area contributed by atoms with Crippen LogP contribution in [0.2, 0.25) is 0 Å². The molecule has 2 aliphatic heterocycles. The fourth-order valence-corrected chi connectivity index (χ4v) is 4.13. The number of anilines is 1. The molecule has 6 nitrogen and oxygen atoms in total. The number of carbonyl (C=O) groups is 1. The molecule has 1 aromatic rings. The summed E-state index contributed by atoms with van der Waals surface area (Å²) in [6.07, 6.45) is 2.35. The molecule has 2 aliphatic rings. The van der Waals surface area contributed by atoms with Crippen LogP contribution in [0, 0.1) is 11.8 Å². The molecule has 7 heteroatoms. The van der Waals surface area contributed by atoms with E-state index in [9.17, 15) is 4.79 Å². The van der Waals surface area contributed by atoms with Gasteiger partial charge < -0.3 is 19.9 Å². The van der Waals surface area contributed by atoms with Gasteiger partial charge in [-0.25, -0.2) is 4.99 Å². The molecule has 0 aliphatic carbocycles. The molecule has 0 bridgehead atoms. The van der Waals surface area contributed by atoms with E-state index in [0.717, 1.165) is 32.0 Å². The van der Waals surface area contributed by atoms with Gasteiger partial charge in [-0.05, 0) is 42.9 Å². The zero-order chi connectivity index (χ0) is 19.4. The number of rotatable bonds is 4. The lowest BCUT2D eigenvalue weighted by molar-refractivity contribution is -0.145. The monoisotopic (exact) mass is 500 g/mol. The minimum absolute atomic E-state index is 0. The van der Waals surface area contributed by atoms with Gasteiger partial charge in [0.25, 0.3) is 0 Å². The van der Waals surface area contributed by atoms with Crippen LogP contribution in [-0.2, 0) is 22.5 Å². The van der Waals surface area contributed by atoms with Crippen molar-refractivity contribution in [2.45, 2.75) is 33.2 Å². The van der Waals surface area contributed by atoms with Crippen LogP contribution in [0.1, 0.15) is 31.4 Å². The summed E-state index contributed by atoms with van der Waals surface area (Å²) in [6.45, 7) is 8.24. The minimum Gasteiger partial charge on any atom is -0.469 e. The summed E-state index contributed by atoms with van der Waals surface area (Å²) in [5, 5.41) is 3.38. The summed E-state index contributed by atoms with van der Waals surface area (Å²) in [4.78, 5) is 21.3. The van der Waals surface area contributed by atoms with Crippen molar-refractivity contribution in [2.75, 3.05) is 45.2 Å². The number of carbonyl (C=O) groups excluding carboxylic acids is 1. The molecule has 28 heavy (non-hydrogen) atoms. The van der Waals surface area contributed by atoms with Gasteiger partial charge in [0.05, 0.1) is 19.6 Å². The number of fused-ring (bicyclic) bond motifs is 1. The number of benzene rings is 1. The third-order valence-electron chi connectivity index (χ3n) is 5.66. The molecule has 1 aromatic carbocycles. The zero-order valence-corrected chi connectivity index (χ0v) is 19.7. The Morgan fingerprint density at radius 1 is 1.36 bits per heavy atom. The van der Waals surface area contributed by atoms with Crippen LogP contribution in [0.25, 0.3) is 0 Å². The second-order valence-electron chi connectivity index (χ2n) is 7.67. The average molecular weight is 500 g/mol. The van der Waals surface area contributed by atoms with Crippen molar-refractivity contribution in [3.8, 4) is 0 Å². The molecule has 0 aromatic heterocycles. The van der Waals surface area contributed by atoms with Crippen molar-refractivity contribution in [1.29, 1.82) is 0 Å². The van der Waals surface area contributed by atoms with Gasteiger partial charge in [-0.1, -0.05) is 19.1 Å². The number of aryl methyl sites for hydroxylation is 1. The molecule has 1 saturated heterocycles. The molecule has 0 amide bonds. The maximum Gasteiger partial charge on any atom is 0.310 e. The Morgan fingerprint density at radius 3 is 2.86 bits per heavy atom. The van der Waals surface area contributed by atoms with Crippen LogP contribution in [-0.4, -0.2) is 57.2 Å². The lowest BCUT2D eigenvalue weighted by atomic mass is 9.99. The SMILES string of the molecule is CCNC(=NCc1ccc2c(c1)CCCN2C)N1CC(C)C(C(=O)OC)C1.I. The Labute approximate surface area is 185 Å². The molecule has 2 unspecified atom stereocenters. The van der Waals surface area contributed by atoms with Crippen molar-refractivity contribution < 1.29 is 9.53 Å². The normalized spacial score (nSPS) is 21.8. The average Bonchev–Trinajstić information content (AvgIpc) is 3.06. The molecule has 2 heterocycles. The third-order valence-corrected chi connectivity index (χ3v) is 5.66. The highest BCUT2D eigenvalue weighted by atomic mass is 127. The molecule has 1 fully saturated rings. The number of hydrogen-bond donors (Lipinski definition) is 1. The quantitative estimate of drug-likeness (QED) is 0.298. The van der Waals surface area contributed by atoms with Gasteiger partial charge in [0.15, 0.2) is 5.96 Å². The van der Waals surface area contributed by atoms with Crippen LogP contribution < -0.4 is 10.2 Å². The summed E-state index contributed by atoms with van der Waals surface area (Å²) in [6, 6.07) is 6.69. The first-order chi connectivity index (χ1) is 13.0. The summed E-state index contributed by atoms with van der Waals surface area (Å²) in [5.74, 6) is 0.934. The van der Waals surface area contributed by atoms with Gasteiger partial charge in [-0.15, -0.1) is 24.0 Å². The number of ether oxygens (including phenoxy) is 1. The number of aliphatic imine (C=N–C) groups is 1. The van der Waals surface area contributed by atoms with Crippen LogP contribution in [0.5, 0.6) is 0 Å². The van der Waals surface area contributed by atoms with Gasteiger partial charge >= 0.3 is 5.97 Å². The Balaban J connectivity index is 0.00000280. The number of guanidine groups is 1. The first-order valence-corrected chi connectivity index (χ1v) is 9.97. The molecule has 3 rings (SSSR count). The minimum atomic E-state index is -0.125. The Kier molecular flexibility index (Phi) is 8.39. The zero-order valence-electron chi connectivity index (χ0n) is 17.4. The Bertz CT molecular complexity index is 710. The fourth-order valence-electron chi connectivity index (χ4n) is 4.13. The number of esters is 1. The lowest BCUT2D eigenvalue weighted by Gasteiger charge is -2.27. The number of nitrogens with zero attached hydrogens (tertiary/aromatic N) is 3. The summed E-state index contributed by atoms with van der Waals surface area (Å²) in [7, 11) is 3.62. The van der Waals surface area contributed by atoms with Gasteiger partial charge in [0.1, 0.15) is 0 Å². The highest BCUT2D eigenvalue weighted by Crippen LogP contribution is 2.27. The maximum absolute atomic E-state index is 12.0. The van der Waals surface area contributed by atoms with Crippen LogP contribution in [0.15, 0.2) is 23.2 Å². The van der Waals surface area contributed by atoms with Crippen molar-refractivity contribution in [3.05, 3.63) is 29.3 Å². The second-order valence-corrected chi connectivity index (χ2v) is 7.67. The summed E-state index contributed by atoms with van der Waals surface area (Å²) in [5.41, 5.74) is 3.99. The largest absolute Gasteiger partial charge is 0.469 e. The molecule has 0 radical (unpaired) electrons. The van der Waals surface area contributed by atoms with E-state index in [2.05, 4.69) is 54.2 Å². The number of hydrogen-bond acceptors (Lipinski definition) is 4. The maximum atomic E-state index is 12.0. The second kappa shape index (κ2) is 10.3. The summed E-state index contributed by atoms with van der Waals surface area (Å²) >= 11 is 0. The molecular weight excluding hydrogens is 467 g/mol. The van der Waals surface area contributed by atoms with Gasteiger partial charge in [-0.3, -0.25) is 4.79 Å².